The van der Waals surface area contributed by atoms with Crippen molar-refractivity contribution in [2.24, 2.45) is 5.92 Å². The summed E-state index contributed by atoms with van der Waals surface area (Å²) in [5.74, 6) is -2.54. The predicted octanol–water partition coefficient (Wildman–Crippen LogP) is 4.15. The van der Waals surface area contributed by atoms with E-state index in [0.717, 1.165) is 30.5 Å². The number of nitrogens with zero attached hydrogens (tertiary/aromatic N) is 2. The third-order valence-corrected chi connectivity index (χ3v) is 5.83. The van der Waals surface area contributed by atoms with Crippen LogP contribution in [0.1, 0.15) is 41.6 Å². The molecule has 2 amide bonds. The van der Waals surface area contributed by atoms with Gasteiger partial charge in [-0.3, -0.25) is 9.59 Å². The Morgan fingerprint density at radius 2 is 1.53 bits per heavy atom. The van der Waals surface area contributed by atoms with Gasteiger partial charge in [-0.15, -0.1) is 0 Å². The highest BCUT2D eigenvalue weighted by molar-refractivity contribution is 5.94. The molecule has 1 aliphatic carbocycles. The lowest BCUT2D eigenvalue weighted by Crippen LogP contribution is -2.45. The van der Waals surface area contributed by atoms with Crippen LogP contribution in [0.25, 0.3) is 0 Å². The van der Waals surface area contributed by atoms with E-state index in [9.17, 15) is 22.8 Å². The molecule has 0 unspecified atom stereocenters. The van der Waals surface area contributed by atoms with Gasteiger partial charge in [-0.1, -0.05) is 12.1 Å². The van der Waals surface area contributed by atoms with Gasteiger partial charge in [0.2, 0.25) is 5.91 Å². The zero-order chi connectivity index (χ0) is 21.3. The maximum atomic E-state index is 13.9. The predicted molar refractivity (Wildman–Crippen MR) is 105 cm³/mol. The average Bonchev–Trinajstić information content (AvgIpc) is 3.58. The summed E-state index contributed by atoms with van der Waals surface area (Å²) in [7, 11) is 0. The van der Waals surface area contributed by atoms with Gasteiger partial charge in [-0.2, -0.15) is 0 Å². The Bertz CT molecular complexity index is 936. The largest absolute Gasteiger partial charge is 0.339 e. The molecular weight excluding hydrogens is 393 g/mol. The topological polar surface area (TPSA) is 40.6 Å². The second-order valence-corrected chi connectivity index (χ2v) is 8.01. The first-order chi connectivity index (χ1) is 14.4. The molecule has 1 saturated heterocycles. The molecule has 30 heavy (non-hydrogen) atoms. The Balaban J connectivity index is 1.38. The molecule has 7 heteroatoms. The maximum Gasteiger partial charge on any atom is 0.256 e. The van der Waals surface area contributed by atoms with Gasteiger partial charge in [0.1, 0.15) is 17.5 Å². The standard InChI is InChI=1S/C23H23F3N2O2/c24-17-3-1-15(2-4-17)14-28(19-6-7-19)22(29)16-9-11-27(12-10-16)23(30)20-8-5-18(25)13-21(20)26/h1-5,8,13,16,19H,6-7,9-12,14H2. The van der Waals surface area contributed by atoms with Crippen LogP contribution in [0.5, 0.6) is 0 Å². The van der Waals surface area contributed by atoms with Gasteiger partial charge in [-0.25, -0.2) is 13.2 Å². The molecule has 1 heterocycles. The molecule has 0 radical (unpaired) electrons. The van der Waals surface area contributed by atoms with Crippen molar-refractivity contribution in [2.45, 2.75) is 38.3 Å². The molecule has 158 valence electrons. The number of carbonyl (C=O) groups excluding carboxylic acids is 2. The first-order valence-corrected chi connectivity index (χ1v) is 10.2. The fraction of sp³-hybridized carbons (Fsp3) is 0.391. The summed E-state index contributed by atoms with van der Waals surface area (Å²) in [6.45, 7) is 1.14. The normalized spacial score (nSPS) is 17.1. The highest BCUT2D eigenvalue weighted by atomic mass is 19.1. The number of carbonyl (C=O) groups is 2. The van der Waals surface area contributed by atoms with Crippen LogP contribution in [0.2, 0.25) is 0 Å². The van der Waals surface area contributed by atoms with Gasteiger partial charge in [0, 0.05) is 37.7 Å². The summed E-state index contributed by atoms with van der Waals surface area (Å²) in [4.78, 5) is 29.1. The molecule has 0 spiro atoms. The molecule has 4 rings (SSSR count). The summed E-state index contributed by atoms with van der Waals surface area (Å²) in [6, 6.07) is 9.31. The summed E-state index contributed by atoms with van der Waals surface area (Å²) in [5.41, 5.74) is 0.730. The molecule has 1 saturated carbocycles. The van der Waals surface area contributed by atoms with E-state index in [1.54, 1.807) is 12.1 Å². The minimum absolute atomic E-state index is 0.0573. The first kappa shape index (κ1) is 20.4. The quantitative estimate of drug-likeness (QED) is 0.735. The van der Waals surface area contributed by atoms with Crippen LogP contribution < -0.4 is 0 Å². The molecule has 2 aromatic carbocycles. The number of piperidine rings is 1. The summed E-state index contributed by atoms with van der Waals surface area (Å²) in [5, 5.41) is 0. The fourth-order valence-corrected chi connectivity index (χ4v) is 3.96. The Morgan fingerprint density at radius 1 is 0.900 bits per heavy atom. The molecule has 0 bridgehead atoms. The van der Waals surface area contributed by atoms with Crippen molar-refractivity contribution in [3.63, 3.8) is 0 Å². The Labute approximate surface area is 173 Å². The number of hydrogen-bond acceptors (Lipinski definition) is 2. The van der Waals surface area contributed by atoms with E-state index in [-0.39, 0.29) is 29.2 Å². The second-order valence-electron chi connectivity index (χ2n) is 8.01. The van der Waals surface area contributed by atoms with Crippen molar-refractivity contribution in [1.82, 2.24) is 9.80 Å². The van der Waals surface area contributed by atoms with Crippen molar-refractivity contribution in [3.8, 4) is 0 Å². The van der Waals surface area contributed by atoms with Gasteiger partial charge < -0.3 is 9.80 Å². The number of halogens is 3. The molecule has 1 aliphatic heterocycles. The van der Waals surface area contributed by atoms with E-state index >= 15 is 0 Å². The van der Waals surface area contributed by atoms with E-state index in [1.165, 1.54) is 17.0 Å². The lowest BCUT2D eigenvalue weighted by atomic mass is 9.94. The number of amides is 2. The third kappa shape index (κ3) is 4.50. The lowest BCUT2D eigenvalue weighted by Gasteiger charge is -2.34. The van der Waals surface area contributed by atoms with Crippen LogP contribution in [0.3, 0.4) is 0 Å². The van der Waals surface area contributed by atoms with E-state index < -0.39 is 17.5 Å². The van der Waals surface area contributed by atoms with E-state index in [1.807, 2.05) is 4.90 Å². The molecule has 2 fully saturated rings. The minimum atomic E-state index is -0.877. The smallest absolute Gasteiger partial charge is 0.256 e. The highest BCUT2D eigenvalue weighted by Crippen LogP contribution is 2.32. The van der Waals surface area contributed by atoms with Crippen LogP contribution >= 0.6 is 0 Å². The number of rotatable bonds is 5. The van der Waals surface area contributed by atoms with Crippen LogP contribution in [-0.2, 0) is 11.3 Å². The summed E-state index contributed by atoms with van der Waals surface area (Å²) >= 11 is 0. The van der Waals surface area contributed by atoms with Gasteiger partial charge in [0.05, 0.1) is 5.56 Å². The van der Waals surface area contributed by atoms with Crippen LogP contribution in [0.4, 0.5) is 13.2 Å². The molecule has 2 aliphatic rings. The van der Waals surface area contributed by atoms with Crippen molar-refractivity contribution < 1.29 is 22.8 Å². The van der Waals surface area contributed by atoms with E-state index in [2.05, 4.69) is 0 Å². The number of likely N-dealkylation sites (tertiary alicyclic amines) is 1. The Kier molecular flexibility index (Phi) is 5.79. The number of benzene rings is 2. The third-order valence-electron chi connectivity index (χ3n) is 5.83. The SMILES string of the molecule is O=C(c1ccc(F)cc1F)N1CCC(C(=O)N(Cc2ccc(F)cc2)C2CC2)CC1. The van der Waals surface area contributed by atoms with Crippen molar-refractivity contribution in [2.75, 3.05) is 13.1 Å². The zero-order valence-corrected chi connectivity index (χ0v) is 16.5. The average molecular weight is 416 g/mol. The van der Waals surface area contributed by atoms with Gasteiger partial charge in [-0.05, 0) is 55.5 Å². The van der Waals surface area contributed by atoms with E-state index in [0.29, 0.717) is 38.5 Å². The first-order valence-electron chi connectivity index (χ1n) is 10.2. The van der Waals surface area contributed by atoms with Crippen LogP contribution in [0, 0.1) is 23.4 Å². The molecular formula is C23H23F3N2O2. The minimum Gasteiger partial charge on any atom is -0.339 e. The lowest BCUT2D eigenvalue weighted by molar-refractivity contribution is -0.138. The summed E-state index contributed by atoms with van der Waals surface area (Å²) < 4.78 is 40.2. The van der Waals surface area contributed by atoms with Crippen molar-refractivity contribution in [1.29, 1.82) is 0 Å². The Hall–Kier alpha value is -2.83. The molecule has 0 N–H and O–H groups in total. The maximum absolute atomic E-state index is 13.9. The van der Waals surface area contributed by atoms with Gasteiger partial charge >= 0.3 is 0 Å². The summed E-state index contributed by atoms with van der Waals surface area (Å²) in [6.07, 6.45) is 2.93. The van der Waals surface area contributed by atoms with Crippen LogP contribution in [-0.4, -0.2) is 40.7 Å². The zero-order valence-electron chi connectivity index (χ0n) is 16.5. The second kappa shape index (κ2) is 8.50. The monoisotopic (exact) mass is 416 g/mol. The molecule has 0 atom stereocenters. The van der Waals surface area contributed by atoms with Gasteiger partial charge in [0.15, 0.2) is 0 Å². The molecule has 2 aromatic rings. The van der Waals surface area contributed by atoms with Gasteiger partial charge in [0.25, 0.3) is 5.91 Å². The number of hydrogen-bond donors (Lipinski definition) is 0. The van der Waals surface area contributed by atoms with Crippen molar-refractivity contribution >= 4 is 11.8 Å². The molecule has 4 nitrogen and oxygen atoms in total. The molecule has 0 aromatic heterocycles. The van der Waals surface area contributed by atoms with Crippen LogP contribution in [0.15, 0.2) is 42.5 Å². The fourth-order valence-electron chi connectivity index (χ4n) is 3.96. The van der Waals surface area contributed by atoms with E-state index in [4.69, 9.17) is 0 Å². The highest BCUT2D eigenvalue weighted by Gasteiger charge is 2.37. The van der Waals surface area contributed by atoms with Crippen molar-refractivity contribution in [3.05, 3.63) is 71.0 Å². The Morgan fingerprint density at radius 3 is 2.13 bits per heavy atom.